The third kappa shape index (κ3) is 3.80. The number of carbonyl (C=O) groups is 1. The second-order valence-corrected chi connectivity index (χ2v) is 6.46. The minimum Gasteiger partial charge on any atom is -0.490 e. The van der Waals surface area contributed by atoms with E-state index < -0.39 is 0 Å². The summed E-state index contributed by atoms with van der Waals surface area (Å²) in [7, 11) is 0. The molecule has 1 aromatic rings. The summed E-state index contributed by atoms with van der Waals surface area (Å²) in [4.78, 5) is 14.5. The molecular weight excluding hydrogens is 276 g/mol. The number of benzene rings is 1. The number of piperidine rings is 2. The number of amides is 1. The van der Waals surface area contributed by atoms with Crippen LogP contribution in [0.15, 0.2) is 24.3 Å². The summed E-state index contributed by atoms with van der Waals surface area (Å²) in [5, 5.41) is 3.35. The zero-order valence-corrected chi connectivity index (χ0v) is 13.4. The van der Waals surface area contributed by atoms with Gasteiger partial charge in [-0.3, -0.25) is 4.79 Å². The molecule has 22 heavy (non-hydrogen) atoms. The lowest BCUT2D eigenvalue weighted by Crippen LogP contribution is -2.51. The second-order valence-electron chi connectivity index (χ2n) is 6.46. The Balaban J connectivity index is 1.47. The van der Waals surface area contributed by atoms with Gasteiger partial charge >= 0.3 is 0 Å². The van der Waals surface area contributed by atoms with Gasteiger partial charge in [-0.15, -0.1) is 0 Å². The van der Waals surface area contributed by atoms with Crippen molar-refractivity contribution >= 4 is 5.91 Å². The predicted molar refractivity (Wildman–Crippen MR) is 87.1 cm³/mol. The van der Waals surface area contributed by atoms with Crippen LogP contribution in [0.2, 0.25) is 0 Å². The highest BCUT2D eigenvalue weighted by Gasteiger charge is 2.29. The van der Waals surface area contributed by atoms with Crippen LogP contribution >= 0.6 is 0 Å². The highest BCUT2D eigenvalue weighted by Crippen LogP contribution is 2.20. The molecule has 2 heterocycles. The third-order valence-corrected chi connectivity index (χ3v) is 4.69. The van der Waals surface area contributed by atoms with E-state index in [0.717, 1.165) is 51.1 Å². The zero-order valence-electron chi connectivity index (χ0n) is 13.4. The molecule has 0 aliphatic carbocycles. The standard InChI is InChI=1S/C18H26N2O2/c1-14-5-7-15(8-6-14)22-16-9-12-20(13-10-16)18(21)17-4-2-3-11-19-17/h5-8,16-17,19H,2-4,9-13H2,1H3. The van der Waals surface area contributed by atoms with E-state index in [2.05, 4.69) is 24.4 Å². The van der Waals surface area contributed by atoms with Crippen molar-refractivity contribution in [2.75, 3.05) is 19.6 Å². The number of likely N-dealkylation sites (tertiary alicyclic amines) is 1. The molecule has 4 nitrogen and oxygen atoms in total. The summed E-state index contributed by atoms with van der Waals surface area (Å²) in [5.74, 6) is 1.22. The largest absolute Gasteiger partial charge is 0.490 e. The van der Waals surface area contributed by atoms with Crippen LogP contribution in [0.3, 0.4) is 0 Å². The normalized spacial score (nSPS) is 23.3. The Labute approximate surface area is 132 Å². The third-order valence-electron chi connectivity index (χ3n) is 4.69. The molecule has 120 valence electrons. The van der Waals surface area contributed by atoms with Crippen molar-refractivity contribution < 1.29 is 9.53 Å². The van der Waals surface area contributed by atoms with Crippen molar-refractivity contribution in [1.82, 2.24) is 10.2 Å². The predicted octanol–water partition coefficient (Wildman–Crippen LogP) is 2.51. The zero-order chi connectivity index (χ0) is 15.4. The number of carbonyl (C=O) groups excluding carboxylic acids is 1. The lowest BCUT2D eigenvalue weighted by atomic mass is 10.0. The summed E-state index contributed by atoms with van der Waals surface area (Å²) in [6, 6.07) is 8.24. The number of ether oxygens (including phenoxy) is 1. The first-order chi connectivity index (χ1) is 10.7. The minimum absolute atomic E-state index is 0.0447. The molecule has 2 saturated heterocycles. The van der Waals surface area contributed by atoms with Crippen LogP contribution in [0.5, 0.6) is 5.75 Å². The van der Waals surface area contributed by atoms with Crippen LogP contribution in [0, 0.1) is 6.92 Å². The fourth-order valence-corrected chi connectivity index (χ4v) is 3.29. The van der Waals surface area contributed by atoms with Crippen LogP contribution in [-0.2, 0) is 4.79 Å². The van der Waals surface area contributed by atoms with Crippen molar-refractivity contribution in [3.05, 3.63) is 29.8 Å². The second kappa shape index (κ2) is 7.14. The highest BCUT2D eigenvalue weighted by molar-refractivity contribution is 5.82. The fourth-order valence-electron chi connectivity index (χ4n) is 3.29. The monoisotopic (exact) mass is 302 g/mol. The summed E-state index contributed by atoms with van der Waals surface area (Å²) in [6.07, 6.45) is 5.41. The Hall–Kier alpha value is -1.55. The van der Waals surface area contributed by atoms with Gasteiger partial charge in [-0.1, -0.05) is 24.1 Å². The van der Waals surface area contributed by atoms with Crippen molar-refractivity contribution in [1.29, 1.82) is 0 Å². The van der Waals surface area contributed by atoms with E-state index in [1.54, 1.807) is 0 Å². The van der Waals surface area contributed by atoms with Gasteiger partial charge in [0.05, 0.1) is 6.04 Å². The van der Waals surface area contributed by atoms with E-state index in [1.165, 1.54) is 12.0 Å². The van der Waals surface area contributed by atoms with Gasteiger partial charge in [-0.25, -0.2) is 0 Å². The van der Waals surface area contributed by atoms with Crippen LogP contribution in [0.25, 0.3) is 0 Å². The van der Waals surface area contributed by atoms with E-state index in [0.29, 0.717) is 0 Å². The number of rotatable bonds is 3. The molecule has 2 aliphatic rings. The quantitative estimate of drug-likeness (QED) is 0.933. The van der Waals surface area contributed by atoms with Gasteiger partial charge in [-0.05, 0) is 38.4 Å². The Morgan fingerprint density at radius 1 is 1.14 bits per heavy atom. The smallest absolute Gasteiger partial charge is 0.239 e. The van der Waals surface area contributed by atoms with Crippen LogP contribution in [0.1, 0.15) is 37.7 Å². The van der Waals surface area contributed by atoms with Gasteiger partial charge in [0.15, 0.2) is 0 Å². The van der Waals surface area contributed by atoms with E-state index in [-0.39, 0.29) is 18.1 Å². The minimum atomic E-state index is 0.0447. The molecule has 1 atom stereocenters. The Morgan fingerprint density at radius 3 is 2.50 bits per heavy atom. The molecule has 2 fully saturated rings. The van der Waals surface area contributed by atoms with Gasteiger partial charge < -0.3 is 15.0 Å². The first-order valence-corrected chi connectivity index (χ1v) is 8.48. The van der Waals surface area contributed by atoms with Crippen molar-refractivity contribution in [2.45, 2.75) is 51.2 Å². The maximum Gasteiger partial charge on any atom is 0.239 e. The van der Waals surface area contributed by atoms with E-state index in [4.69, 9.17) is 4.74 Å². The number of hydrogen-bond acceptors (Lipinski definition) is 3. The summed E-state index contributed by atoms with van der Waals surface area (Å²) in [6.45, 7) is 4.68. The molecule has 0 saturated carbocycles. The molecule has 3 rings (SSSR count). The Morgan fingerprint density at radius 2 is 1.86 bits per heavy atom. The molecule has 0 spiro atoms. The highest BCUT2D eigenvalue weighted by atomic mass is 16.5. The number of aryl methyl sites for hydroxylation is 1. The van der Waals surface area contributed by atoms with E-state index in [1.807, 2.05) is 17.0 Å². The molecule has 0 radical (unpaired) electrons. The Bertz CT molecular complexity index is 486. The molecule has 1 unspecified atom stereocenters. The average molecular weight is 302 g/mol. The van der Waals surface area contributed by atoms with Gasteiger partial charge in [0, 0.05) is 25.9 Å². The lowest BCUT2D eigenvalue weighted by molar-refractivity contribution is -0.135. The van der Waals surface area contributed by atoms with Crippen molar-refractivity contribution in [2.24, 2.45) is 0 Å². The molecule has 2 aliphatic heterocycles. The van der Waals surface area contributed by atoms with E-state index in [9.17, 15) is 4.79 Å². The van der Waals surface area contributed by atoms with Gasteiger partial charge in [0.2, 0.25) is 5.91 Å². The molecule has 1 amide bonds. The van der Waals surface area contributed by atoms with E-state index >= 15 is 0 Å². The molecule has 1 aromatic carbocycles. The van der Waals surface area contributed by atoms with Crippen LogP contribution < -0.4 is 10.1 Å². The summed E-state index contributed by atoms with van der Waals surface area (Å²) >= 11 is 0. The van der Waals surface area contributed by atoms with Crippen molar-refractivity contribution in [3.63, 3.8) is 0 Å². The molecule has 0 bridgehead atoms. The maximum atomic E-state index is 12.5. The summed E-state index contributed by atoms with van der Waals surface area (Å²) < 4.78 is 6.03. The molecule has 4 heteroatoms. The fraction of sp³-hybridized carbons (Fsp3) is 0.611. The first-order valence-electron chi connectivity index (χ1n) is 8.48. The number of nitrogens with one attached hydrogen (secondary N) is 1. The van der Waals surface area contributed by atoms with Crippen LogP contribution in [-0.4, -0.2) is 42.6 Å². The molecule has 0 aromatic heterocycles. The molecular formula is C18H26N2O2. The average Bonchev–Trinajstić information content (AvgIpc) is 2.58. The van der Waals surface area contributed by atoms with Gasteiger partial charge in [0.25, 0.3) is 0 Å². The Kier molecular flexibility index (Phi) is 4.98. The van der Waals surface area contributed by atoms with Gasteiger partial charge in [0.1, 0.15) is 11.9 Å². The lowest BCUT2D eigenvalue weighted by Gasteiger charge is -2.35. The number of nitrogens with zero attached hydrogens (tertiary/aromatic N) is 1. The number of hydrogen-bond donors (Lipinski definition) is 1. The van der Waals surface area contributed by atoms with Crippen molar-refractivity contribution in [3.8, 4) is 5.75 Å². The first kappa shape index (κ1) is 15.3. The maximum absolute atomic E-state index is 12.5. The topological polar surface area (TPSA) is 41.6 Å². The molecule has 1 N–H and O–H groups in total. The SMILES string of the molecule is Cc1ccc(OC2CCN(C(=O)C3CCCCN3)CC2)cc1. The summed E-state index contributed by atoms with van der Waals surface area (Å²) in [5.41, 5.74) is 1.24. The van der Waals surface area contributed by atoms with Crippen LogP contribution in [0.4, 0.5) is 0 Å². The van der Waals surface area contributed by atoms with Gasteiger partial charge in [-0.2, -0.15) is 0 Å².